The molecule has 0 saturated carbocycles. The van der Waals surface area contributed by atoms with Gasteiger partial charge in [-0.1, -0.05) is 30.3 Å². The maximum atomic E-state index is 12.3. The fourth-order valence-corrected chi connectivity index (χ4v) is 3.69. The van der Waals surface area contributed by atoms with Gasteiger partial charge in [0.05, 0.1) is 18.4 Å². The predicted octanol–water partition coefficient (Wildman–Crippen LogP) is 3.32. The molecule has 1 atom stereocenters. The molecule has 0 aliphatic heterocycles. The lowest BCUT2D eigenvalue weighted by molar-refractivity contribution is 0.0971. The minimum atomic E-state index is -0.573. The molecule has 1 aromatic heterocycles. The van der Waals surface area contributed by atoms with Crippen molar-refractivity contribution in [2.75, 3.05) is 0 Å². The van der Waals surface area contributed by atoms with Crippen LogP contribution in [0, 0.1) is 0 Å². The zero-order valence-electron chi connectivity index (χ0n) is 15.4. The molecule has 6 heteroatoms. The van der Waals surface area contributed by atoms with Crippen LogP contribution in [0.15, 0.2) is 61.2 Å². The standard InChI is InChI=1S/C22H21N3O3/c23-22(27)21-17-7-4-8-18(26)16(17)9-10-19(21)28-20(13-25-12-11-24-14-25)15-5-2-1-3-6-15/h1-3,5-6,9-12,14,20H,4,7-8,13H2,(H2,23,27). The number of carbonyl (C=O) groups excluding carboxylic acids is 2. The molecule has 0 saturated heterocycles. The SMILES string of the molecule is NC(=O)c1c(OC(Cn2ccnc2)c2ccccc2)ccc2c1CCCC2=O. The van der Waals surface area contributed by atoms with Crippen LogP contribution in [0.3, 0.4) is 0 Å². The van der Waals surface area contributed by atoms with Gasteiger partial charge < -0.3 is 15.0 Å². The van der Waals surface area contributed by atoms with Crippen molar-refractivity contribution in [1.29, 1.82) is 0 Å². The normalized spacial score (nSPS) is 14.4. The lowest BCUT2D eigenvalue weighted by Gasteiger charge is -2.24. The van der Waals surface area contributed by atoms with E-state index in [1.165, 1.54) is 0 Å². The summed E-state index contributed by atoms with van der Waals surface area (Å²) in [7, 11) is 0. The maximum absolute atomic E-state index is 12.3. The number of nitrogens with zero attached hydrogens (tertiary/aromatic N) is 2. The van der Waals surface area contributed by atoms with Crippen molar-refractivity contribution in [1.82, 2.24) is 9.55 Å². The van der Waals surface area contributed by atoms with E-state index < -0.39 is 5.91 Å². The largest absolute Gasteiger partial charge is 0.483 e. The molecular formula is C22H21N3O3. The molecule has 0 bridgehead atoms. The Bertz CT molecular complexity index is 997. The number of imidazole rings is 1. The van der Waals surface area contributed by atoms with Crippen LogP contribution >= 0.6 is 0 Å². The molecule has 2 N–H and O–H groups in total. The fourth-order valence-electron chi connectivity index (χ4n) is 3.69. The maximum Gasteiger partial charge on any atom is 0.252 e. The number of Topliss-reactive ketones (excluding diaryl/α,β-unsaturated/α-hetero) is 1. The fraction of sp³-hybridized carbons (Fsp3) is 0.227. The molecule has 1 aliphatic rings. The Hall–Kier alpha value is -3.41. The van der Waals surface area contributed by atoms with Crippen LogP contribution in [-0.4, -0.2) is 21.2 Å². The van der Waals surface area contributed by atoms with Crippen molar-refractivity contribution < 1.29 is 14.3 Å². The molecule has 1 heterocycles. The molecule has 2 aromatic carbocycles. The number of primary amides is 1. The molecule has 1 aliphatic carbocycles. The molecular weight excluding hydrogens is 354 g/mol. The molecule has 0 fully saturated rings. The van der Waals surface area contributed by atoms with Gasteiger partial charge in [-0.2, -0.15) is 0 Å². The topological polar surface area (TPSA) is 87.2 Å². The number of hydrogen-bond donors (Lipinski definition) is 1. The molecule has 0 spiro atoms. The number of amides is 1. The average molecular weight is 375 g/mol. The van der Waals surface area contributed by atoms with Crippen molar-refractivity contribution >= 4 is 11.7 Å². The first-order valence-electron chi connectivity index (χ1n) is 9.29. The molecule has 142 valence electrons. The van der Waals surface area contributed by atoms with E-state index >= 15 is 0 Å². The van der Waals surface area contributed by atoms with Gasteiger partial charge in [0.25, 0.3) is 5.91 Å². The Morgan fingerprint density at radius 1 is 1.18 bits per heavy atom. The second-order valence-electron chi connectivity index (χ2n) is 6.88. The van der Waals surface area contributed by atoms with E-state index in [0.717, 1.165) is 5.56 Å². The zero-order valence-corrected chi connectivity index (χ0v) is 15.4. The van der Waals surface area contributed by atoms with E-state index in [2.05, 4.69) is 4.98 Å². The smallest absolute Gasteiger partial charge is 0.252 e. The van der Waals surface area contributed by atoms with Crippen molar-refractivity contribution in [3.05, 3.63) is 83.4 Å². The number of nitrogens with two attached hydrogens (primary N) is 1. The summed E-state index contributed by atoms with van der Waals surface area (Å²) in [5.41, 5.74) is 8.26. The van der Waals surface area contributed by atoms with E-state index in [-0.39, 0.29) is 11.9 Å². The van der Waals surface area contributed by atoms with Crippen LogP contribution in [0.25, 0.3) is 0 Å². The predicted molar refractivity (Wildman–Crippen MR) is 104 cm³/mol. The van der Waals surface area contributed by atoms with Crippen molar-refractivity contribution in [2.45, 2.75) is 31.9 Å². The van der Waals surface area contributed by atoms with E-state index in [4.69, 9.17) is 10.5 Å². The number of rotatable bonds is 6. The second-order valence-corrected chi connectivity index (χ2v) is 6.88. The van der Waals surface area contributed by atoms with Crippen LogP contribution in [0.4, 0.5) is 0 Å². The van der Waals surface area contributed by atoms with Crippen LogP contribution in [0.5, 0.6) is 5.75 Å². The number of fused-ring (bicyclic) bond motifs is 1. The highest BCUT2D eigenvalue weighted by atomic mass is 16.5. The Morgan fingerprint density at radius 2 is 2.00 bits per heavy atom. The minimum Gasteiger partial charge on any atom is -0.483 e. The van der Waals surface area contributed by atoms with Crippen LogP contribution in [0.1, 0.15) is 50.8 Å². The highest BCUT2D eigenvalue weighted by molar-refractivity contribution is 6.05. The summed E-state index contributed by atoms with van der Waals surface area (Å²) >= 11 is 0. The summed E-state index contributed by atoms with van der Waals surface area (Å²) in [5, 5.41) is 0. The number of ketones is 1. The number of hydrogen-bond acceptors (Lipinski definition) is 4. The third-order valence-corrected chi connectivity index (χ3v) is 5.03. The molecule has 6 nitrogen and oxygen atoms in total. The van der Waals surface area contributed by atoms with Gasteiger partial charge in [0.1, 0.15) is 11.9 Å². The summed E-state index contributed by atoms with van der Waals surface area (Å²) in [5.74, 6) is -0.112. The van der Waals surface area contributed by atoms with Gasteiger partial charge in [-0.3, -0.25) is 9.59 Å². The third kappa shape index (κ3) is 3.53. The number of benzene rings is 2. The van der Waals surface area contributed by atoms with Crippen molar-refractivity contribution in [3.8, 4) is 5.75 Å². The second kappa shape index (κ2) is 7.68. The molecule has 1 amide bonds. The van der Waals surface area contributed by atoms with Crippen LogP contribution in [-0.2, 0) is 13.0 Å². The number of carbonyl (C=O) groups is 2. The molecule has 4 rings (SSSR count). The Kier molecular flexibility index (Phi) is 4.93. The average Bonchev–Trinajstić information content (AvgIpc) is 3.21. The van der Waals surface area contributed by atoms with Gasteiger partial charge in [0, 0.05) is 24.4 Å². The van der Waals surface area contributed by atoms with E-state index in [1.54, 1.807) is 24.7 Å². The van der Waals surface area contributed by atoms with Gasteiger partial charge in [0.2, 0.25) is 0 Å². The highest BCUT2D eigenvalue weighted by Gasteiger charge is 2.26. The van der Waals surface area contributed by atoms with Gasteiger partial charge in [0.15, 0.2) is 5.78 Å². The molecule has 28 heavy (non-hydrogen) atoms. The van der Waals surface area contributed by atoms with Gasteiger partial charge >= 0.3 is 0 Å². The van der Waals surface area contributed by atoms with Crippen molar-refractivity contribution in [2.24, 2.45) is 5.73 Å². The Balaban J connectivity index is 1.74. The molecule has 1 unspecified atom stereocenters. The number of ether oxygens (including phenoxy) is 1. The van der Waals surface area contributed by atoms with Gasteiger partial charge in [-0.25, -0.2) is 4.98 Å². The zero-order chi connectivity index (χ0) is 19.5. The number of aromatic nitrogens is 2. The molecule has 0 radical (unpaired) electrons. The van der Waals surface area contributed by atoms with E-state index in [9.17, 15) is 9.59 Å². The summed E-state index contributed by atoms with van der Waals surface area (Å²) in [6, 6.07) is 13.2. The Labute approximate surface area is 163 Å². The summed E-state index contributed by atoms with van der Waals surface area (Å²) in [4.78, 5) is 28.6. The van der Waals surface area contributed by atoms with E-state index in [0.29, 0.717) is 48.2 Å². The molecule has 3 aromatic rings. The first-order chi connectivity index (χ1) is 13.6. The van der Waals surface area contributed by atoms with Crippen molar-refractivity contribution in [3.63, 3.8) is 0 Å². The summed E-state index contributed by atoms with van der Waals surface area (Å²) in [6.45, 7) is 0.526. The highest BCUT2D eigenvalue weighted by Crippen LogP contribution is 2.34. The van der Waals surface area contributed by atoms with Gasteiger partial charge in [-0.05, 0) is 36.1 Å². The first-order valence-corrected chi connectivity index (χ1v) is 9.29. The quantitative estimate of drug-likeness (QED) is 0.716. The summed E-state index contributed by atoms with van der Waals surface area (Å²) in [6.07, 6.45) is 6.81. The Morgan fingerprint density at radius 3 is 2.71 bits per heavy atom. The van der Waals surface area contributed by atoms with E-state index in [1.807, 2.05) is 41.1 Å². The lowest BCUT2D eigenvalue weighted by Crippen LogP contribution is -2.23. The third-order valence-electron chi connectivity index (χ3n) is 5.03. The van der Waals surface area contributed by atoms with Crippen LogP contribution in [0.2, 0.25) is 0 Å². The minimum absolute atomic E-state index is 0.0494. The van der Waals surface area contributed by atoms with Crippen LogP contribution < -0.4 is 10.5 Å². The lowest BCUT2D eigenvalue weighted by atomic mass is 9.86. The summed E-state index contributed by atoms with van der Waals surface area (Å²) < 4.78 is 8.23. The first kappa shape index (κ1) is 18.0. The van der Waals surface area contributed by atoms with Gasteiger partial charge in [-0.15, -0.1) is 0 Å². The monoisotopic (exact) mass is 375 g/mol.